The molecule has 146 valence electrons. The van der Waals surface area contributed by atoms with E-state index in [1.807, 2.05) is 0 Å². The van der Waals surface area contributed by atoms with Crippen molar-refractivity contribution >= 4 is 23.8 Å². The molecule has 0 unspecified atom stereocenters. The number of likely N-dealkylation sites (N-methyl/N-ethyl adjacent to an activating group) is 1. The summed E-state index contributed by atoms with van der Waals surface area (Å²) in [5, 5.41) is 7.07. The molecule has 0 spiro atoms. The van der Waals surface area contributed by atoms with E-state index in [9.17, 15) is 28.0 Å². The van der Waals surface area contributed by atoms with Crippen LogP contribution in [0.3, 0.4) is 0 Å². The molecule has 1 aromatic rings. The average molecular weight is 384 g/mol. The smallest absolute Gasteiger partial charge is 0.387 e. The fourth-order valence-corrected chi connectivity index (χ4v) is 2.47. The maximum atomic E-state index is 12.7. The molecule has 1 aromatic carbocycles. The first-order valence-electron chi connectivity index (χ1n) is 7.84. The summed E-state index contributed by atoms with van der Waals surface area (Å²) in [5.41, 5.74) is -1.14. The molecule has 5 amide bonds. The number of urea groups is 1. The number of halogens is 2. The second-order valence-electron chi connectivity index (χ2n) is 5.80. The molecule has 0 radical (unpaired) electrons. The lowest BCUT2D eigenvalue weighted by Crippen LogP contribution is -2.44. The van der Waals surface area contributed by atoms with Crippen molar-refractivity contribution in [2.45, 2.75) is 19.1 Å². The number of hydrogen-bond acceptors (Lipinski definition) is 5. The molecule has 11 heteroatoms. The number of carbonyl (C=O) groups is 4. The summed E-state index contributed by atoms with van der Waals surface area (Å²) in [6.07, 6.45) is 0. The highest BCUT2D eigenvalue weighted by Crippen LogP contribution is 2.30. The third-order valence-corrected chi connectivity index (χ3v) is 3.96. The molecule has 1 heterocycles. The van der Waals surface area contributed by atoms with Crippen molar-refractivity contribution in [1.82, 2.24) is 20.9 Å². The predicted octanol–water partition coefficient (Wildman–Crippen LogP) is -0.0828. The number of imide groups is 1. The Morgan fingerprint density at radius 1 is 1.22 bits per heavy atom. The number of benzene rings is 1. The van der Waals surface area contributed by atoms with Crippen LogP contribution in [0.15, 0.2) is 24.3 Å². The highest BCUT2D eigenvalue weighted by Gasteiger charge is 2.49. The van der Waals surface area contributed by atoms with Crippen LogP contribution in [0.25, 0.3) is 0 Å². The summed E-state index contributed by atoms with van der Waals surface area (Å²) in [6, 6.07) is 4.43. The van der Waals surface area contributed by atoms with E-state index in [0.717, 1.165) is 0 Å². The Kier molecular flexibility index (Phi) is 5.93. The second-order valence-corrected chi connectivity index (χ2v) is 5.80. The van der Waals surface area contributed by atoms with Gasteiger partial charge in [0.25, 0.3) is 5.91 Å². The van der Waals surface area contributed by atoms with Gasteiger partial charge in [0.05, 0.1) is 6.54 Å². The van der Waals surface area contributed by atoms with Gasteiger partial charge in [-0.3, -0.25) is 19.3 Å². The van der Waals surface area contributed by atoms with Crippen molar-refractivity contribution in [3.05, 3.63) is 29.8 Å². The Morgan fingerprint density at radius 3 is 2.41 bits per heavy atom. The van der Waals surface area contributed by atoms with Gasteiger partial charge in [-0.25, -0.2) is 4.79 Å². The second kappa shape index (κ2) is 7.98. The van der Waals surface area contributed by atoms with Crippen molar-refractivity contribution in [3.63, 3.8) is 0 Å². The number of hydrogen-bond donors (Lipinski definition) is 3. The number of amides is 5. The van der Waals surface area contributed by atoms with E-state index in [2.05, 4.69) is 20.7 Å². The highest BCUT2D eigenvalue weighted by atomic mass is 19.3. The first-order chi connectivity index (χ1) is 12.7. The molecular formula is C16H18F2N4O5. The minimum atomic E-state index is -2.98. The van der Waals surface area contributed by atoms with Crippen LogP contribution in [0, 0.1) is 0 Å². The molecule has 1 aliphatic rings. The molecule has 9 nitrogen and oxygen atoms in total. The standard InChI is InChI=1S/C16H18F2N4O5/c1-16(9-3-5-10(6-4-9)27-14(17)18)13(25)22(15(26)21-16)8-12(24)20-7-11(23)19-2/h3-6,14H,7-8H2,1-2H3,(H,19,23)(H,20,24)(H,21,26)/t16-/m1/s1. The zero-order chi connectivity index (χ0) is 20.2. The van der Waals surface area contributed by atoms with Gasteiger partial charge in [0.1, 0.15) is 17.8 Å². The van der Waals surface area contributed by atoms with Crippen molar-refractivity contribution in [2.24, 2.45) is 0 Å². The summed E-state index contributed by atoms with van der Waals surface area (Å²) in [5.74, 6) is -1.91. The summed E-state index contributed by atoms with van der Waals surface area (Å²) in [4.78, 5) is 48.5. The average Bonchev–Trinajstić information content (AvgIpc) is 2.83. The topological polar surface area (TPSA) is 117 Å². The largest absolute Gasteiger partial charge is 0.435 e. The van der Waals surface area contributed by atoms with Crippen molar-refractivity contribution in [1.29, 1.82) is 0 Å². The van der Waals surface area contributed by atoms with Crippen LogP contribution in [-0.4, -0.2) is 55.4 Å². The van der Waals surface area contributed by atoms with Crippen molar-refractivity contribution < 1.29 is 32.7 Å². The summed E-state index contributed by atoms with van der Waals surface area (Å²) >= 11 is 0. The highest BCUT2D eigenvalue weighted by molar-refractivity contribution is 6.09. The molecule has 27 heavy (non-hydrogen) atoms. The van der Waals surface area contributed by atoms with E-state index in [4.69, 9.17) is 0 Å². The van der Waals surface area contributed by atoms with E-state index < -0.39 is 42.4 Å². The van der Waals surface area contributed by atoms with Gasteiger partial charge in [0, 0.05) is 7.05 Å². The molecule has 0 aromatic heterocycles. The molecule has 1 saturated heterocycles. The first-order valence-corrected chi connectivity index (χ1v) is 7.84. The van der Waals surface area contributed by atoms with Crippen LogP contribution in [0.4, 0.5) is 13.6 Å². The zero-order valence-corrected chi connectivity index (χ0v) is 14.5. The summed E-state index contributed by atoms with van der Waals surface area (Å²) in [6.45, 7) is -2.41. The van der Waals surface area contributed by atoms with Gasteiger partial charge in [-0.05, 0) is 24.6 Å². The maximum absolute atomic E-state index is 12.7. The SMILES string of the molecule is CNC(=O)CNC(=O)CN1C(=O)N[C@](C)(c2ccc(OC(F)F)cc2)C1=O. The lowest BCUT2D eigenvalue weighted by molar-refractivity contribution is -0.135. The molecule has 1 atom stereocenters. The lowest BCUT2D eigenvalue weighted by Gasteiger charge is -2.22. The third-order valence-electron chi connectivity index (χ3n) is 3.96. The molecule has 0 aliphatic carbocycles. The van der Waals surface area contributed by atoms with Crippen LogP contribution in [0.1, 0.15) is 12.5 Å². The van der Waals surface area contributed by atoms with Crippen LogP contribution in [0.2, 0.25) is 0 Å². The van der Waals surface area contributed by atoms with Crippen LogP contribution in [0.5, 0.6) is 5.75 Å². The van der Waals surface area contributed by atoms with E-state index >= 15 is 0 Å². The maximum Gasteiger partial charge on any atom is 0.387 e. The number of rotatable bonds is 7. The lowest BCUT2D eigenvalue weighted by atomic mass is 9.92. The van der Waals surface area contributed by atoms with Crippen molar-refractivity contribution in [3.8, 4) is 5.75 Å². The Balaban J connectivity index is 2.09. The monoisotopic (exact) mass is 384 g/mol. The van der Waals surface area contributed by atoms with Crippen molar-refractivity contribution in [2.75, 3.05) is 20.1 Å². The van der Waals surface area contributed by atoms with Gasteiger partial charge in [0.15, 0.2) is 0 Å². The number of nitrogens with one attached hydrogen (secondary N) is 3. The van der Waals surface area contributed by atoms with E-state index in [1.165, 1.54) is 38.2 Å². The van der Waals surface area contributed by atoms with Gasteiger partial charge in [-0.1, -0.05) is 12.1 Å². The number of nitrogens with zero attached hydrogens (tertiary/aromatic N) is 1. The summed E-state index contributed by atoms with van der Waals surface area (Å²) in [7, 11) is 1.40. The van der Waals surface area contributed by atoms with Crippen LogP contribution < -0.4 is 20.7 Å². The Bertz CT molecular complexity index is 756. The molecular weight excluding hydrogens is 366 g/mol. The molecule has 2 rings (SSSR count). The molecule has 0 bridgehead atoms. The Labute approximate surface area is 153 Å². The molecule has 1 fully saturated rings. The fraction of sp³-hybridized carbons (Fsp3) is 0.375. The fourth-order valence-electron chi connectivity index (χ4n) is 2.47. The van der Waals surface area contributed by atoms with E-state index in [0.29, 0.717) is 10.5 Å². The molecule has 0 saturated carbocycles. The first kappa shape index (κ1) is 20.1. The number of ether oxygens (including phenoxy) is 1. The molecule has 3 N–H and O–H groups in total. The van der Waals surface area contributed by atoms with Gasteiger partial charge >= 0.3 is 12.6 Å². The van der Waals surface area contributed by atoms with E-state index in [-0.39, 0.29) is 12.3 Å². The number of carbonyl (C=O) groups excluding carboxylic acids is 4. The third kappa shape index (κ3) is 4.49. The van der Waals surface area contributed by atoms with Crippen LogP contribution >= 0.6 is 0 Å². The predicted molar refractivity (Wildman–Crippen MR) is 87.7 cm³/mol. The minimum Gasteiger partial charge on any atom is -0.435 e. The number of alkyl halides is 2. The minimum absolute atomic E-state index is 0.0976. The summed E-state index contributed by atoms with van der Waals surface area (Å²) < 4.78 is 28.7. The van der Waals surface area contributed by atoms with Gasteiger partial charge in [0.2, 0.25) is 11.8 Å². The van der Waals surface area contributed by atoms with E-state index in [1.54, 1.807) is 0 Å². The molecule has 1 aliphatic heterocycles. The zero-order valence-electron chi connectivity index (χ0n) is 14.5. The Hall–Kier alpha value is -3.24. The van der Waals surface area contributed by atoms with Gasteiger partial charge < -0.3 is 20.7 Å². The van der Waals surface area contributed by atoms with Gasteiger partial charge in [-0.2, -0.15) is 8.78 Å². The Morgan fingerprint density at radius 2 is 1.85 bits per heavy atom. The normalized spacial score (nSPS) is 19.1. The quantitative estimate of drug-likeness (QED) is 0.569. The van der Waals surface area contributed by atoms with Gasteiger partial charge in [-0.15, -0.1) is 0 Å². The van der Waals surface area contributed by atoms with Crippen LogP contribution in [-0.2, 0) is 19.9 Å².